The van der Waals surface area contributed by atoms with Gasteiger partial charge in [-0.2, -0.15) is 31.4 Å². The predicted molar refractivity (Wildman–Crippen MR) is 90.3 cm³/mol. The highest BCUT2D eigenvalue weighted by molar-refractivity contribution is 9.10. The highest BCUT2D eigenvalue weighted by atomic mass is 79.9. The Balaban J connectivity index is 2.61. The number of hydrogen-bond acceptors (Lipinski definition) is 5. The fraction of sp³-hybridized carbons (Fsp3) is 0.250. The Morgan fingerprint density at radius 3 is 2.29 bits per heavy atom. The molecule has 0 radical (unpaired) electrons. The number of rotatable bonds is 4. The molecule has 0 bridgehead atoms. The Bertz CT molecular complexity index is 853. The molecule has 1 aromatic heterocycles. The van der Waals surface area contributed by atoms with E-state index in [4.69, 9.17) is 5.73 Å². The molecule has 1 atom stereocenters. The lowest BCUT2D eigenvalue weighted by Gasteiger charge is -2.26. The van der Waals surface area contributed by atoms with Crippen LogP contribution in [0.25, 0.3) is 0 Å². The number of hydrogen-bond donors (Lipinski definition) is 1. The molecule has 2 N–H and O–H groups in total. The quantitative estimate of drug-likeness (QED) is 0.499. The molecule has 1 heterocycles. The van der Waals surface area contributed by atoms with Crippen LogP contribution in [0.5, 0.6) is 0 Å². The third kappa shape index (κ3) is 5.13. The Labute approximate surface area is 163 Å². The van der Waals surface area contributed by atoms with E-state index in [9.17, 15) is 31.1 Å². The summed E-state index contributed by atoms with van der Waals surface area (Å²) in [5.41, 5.74) is 3.46. The summed E-state index contributed by atoms with van der Waals surface area (Å²) in [6.45, 7) is 1.58. The van der Waals surface area contributed by atoms with Crippen molar-refractivity contribution in [1.82, 2.24) is 4.98 Å². The van der Waals surface area contributed by atoms with E-state index < -0.39 is 35.6 Å². The van der Waals surface area contributed by atoms with Crippen LogP contribution >= 0.6 is 15.9 Å². The summed E-state index contributed by atoms with van der Waals surface area (Å²) in [6, 6.07) is 4.56. The number of carbonyl (C=O) groups is 1. The molecule has 1 unspecified atom stereocenters. The van der Waals surface area contributed by atoms with Gasteiger partial charge in [-0.15, -0.1) is 0 Å². The molecule has 2 rings (SSSR count). The van der Waals surface area contributed by atoms with Crippen LogP contribution in [0.4, 0.5) is 37.7 Å². The molecule has 0 saturated carbocycles. The number of benzene rings is 1. The number of nitrogens with two attached hydrogens (primary N) is 1. The molecule has 5 nitrogen and oxygen atoms in total. The normalized spacial score (nSPS) is 13.2. The van der Waals surface area contributed by atoms with Crippen molar-refractivity contribution in [3.05, 3.63) is 52.3 Å². The SMILES string of the molecule is CC(N)c1ccc(N(OC(=O)C(F)(F)F)c2ccc(Br)cc2C(F)(F)F)cn1. The molecule has 0 amide bonds. The fourth-order valence-corrected chi connectivity index (χ4v) is 2.44. The molecule has 0 aliphatic carbocycles. The molecule has 0 spiro atoms. The number of alkyl halides is 6. The van der Waals surface area contributed by atoms with Crippen molar-refractivity contribution in [2.24, 2.45) is 5.73 Å². The van der Waals surface area contributed by atoms with Gasteiger partial charge in [-0.3, -0.25) is 4.98 Å². The van der Waals surface area contributed by atoms with Crippen LogP contribution in [0.15, 0.2) is 41.0 Å². The Morgan fingerprint density at radius 2 is 1.82 bits per heavy atom. The topological polar surface area (TPSA) is 68.4 Å². The van der Waals surface area contributed by atoms with E-state index in [1.165, 1.54) is 6.07 Å². The standard InChI is InChI=1S/C16H12BrF6N3O2/c1-8(24)12-4-3-10(7-25-12)26(28-14(27)16(21,22)23)13-5-2-9(17)6-11(13)15(18,19)20/h2-8H,24H2,1H3. The second-order valence-corrected chi connectivity index (χ2v) is 6.48. The van der Waals surface area contributed by atoms with Crippen LogP contribution < -0.4 is 10.8 Å². The van der Waals surface area contributed by atoms with E-state index >= 15 is 0 Å². The molecule has 152 valence electrons. The number of anilines is 2. The lowest BCUT2D eigenvalue weighted by atomic mass is 10.1. The monoisotopic (exact) mass is 471 g/mol. The van der Waals surface area contributed by atoms with Gasteiger partial charge in [0.2, 0.25) is 0 Å². The number of nitrogens with zero attached hydrogens (tertiary/aromatic N) is 2. The van der Waals surface area contributed by atoms with E-state index in [-0.39, 0.29) is 15.2 Å². The van der Waals surface area contributed by atoms with E-state index in [2.05, 4.69) is 25.8 Å². The Kier molecular flexibility index (Phi) is 6.24. The van der Waals surface area contributed by atoms with Crippen LogP contribution in [0.1, 0.15) is 24.2 Å². The van der Waals surface area contributed by atoms with Crippen LogP contribution in [-0.4, -0.2) is 17.1 Å². The highest BCUT2D eigenvalue weighted by Gasteiger charge is 2.44. The maximum Gasteiger partial charge on any atom is 0.493 e. The van der Waals surface area contributed by atoms with Gasteiger partial charge in [0.05, 0.1) is 28.8 Å². The zero-order valence-electron chi connectivity index (χ0n) is 14.0. The van der Waals surface area contributed by atoms with Crippen molar-refractivity contribution < 1.29 is 36.0 Å². The van der Waals surface area contributed by atoms with E-state index in [1.54, 1.807) is 6.92 Å². The van der Waals surface area contributed by atoms with Crippen LogP contribution in [0, 0.1) is 0 Å². The lowest BCUT2D eigenvalue weighted by Crippen LogP contribution is -2.33. The average Bonchev–Trinajstić information content (AvgIpc) is 2.58. The zero-order valence-corrected chi connectivity index (χ0v) is 15.6. The largest absolute Gasteiger partial charge is 0.493 e. The minimum atomic E-state index is -5.43. The highest BCUT2D eigenvalue weighted by Crippen LogP contribution is 2.41. The number of carbonyl (C=O) groups excluding carboxylic acids is 1. The summed E-state index contributed by atoms with van der Waals surface area (Å²) >= 11 is 2.87. The summed E-state index contributed by atoms with van der Waals surface area (Å²) in [5, 5.41) is 0.128. The minimum absolute atomic E-state index is 0.0242. The Hall–Kier alpha value is -2.34. The number of halogens is 7. The van der Waals surface area contributed by atoms with Gasteiger partial charge in [0, 0.05) is 10.5 Å². The number of pyridine rings is 1. The summed E-state index contributed by atoms with van der Waals surface area (Å²) in [7, 11) is 0. The molecule has 12 heteroatoms. The van der Waals surface area contributed by atoms with Gasteiger partial charge in [0.15, 0.2) is 0 Å². The Morgan fingerprint density at radius 1 is 1.18 bits per heavy atom. The van der Waals surface area contributed by atoms with Gasteiger partial charge in [0.1, 0.15) is 0 Å². The first-order chi connectivity index (χ1) is 12.8. The molecular weight excluding hydrogens is 460 g/mol. The summed E-state index contributed by atoms with van der Waals surface area (Å²) in [6.07, 6.45) is -9.42. The fourth-order valence-electron chi connectivity index (χ4n) is 2.08. The third-order valence-corrected chi connectivity index (χ3v) is 3.85. The lowest BCUT2D eigenvalue weighted by molar-refractivity contribution is -0.200. The first-order valence-corrected chi connectivity index (χ1v) is 8.27. The second-order valence-electron chi connectivity index (χ2n) is 5.56. The van der Waals surface area contributed by atoms with Crippen molar-refractivity contribution in [2.75, 3.05) is 5.06 Å². The molecule has 1 aromatic carbocycles. The molecule has 0 aliphatic heterocycles. The molecule has 2 aromatic rings. The molecule has 0 fully saturated rings. The van der Waals surface area contributed by atoms with Crippen molar-refractivity contribution in [2.45, 2.75) is 25.3 Å². The molecule has 0 aliphatic rings. The van der Waals surface area contributed by atoms with Crippen molar-refractivity contribution >= 4 is 33.3 Å². The van der Waals surface area contributed by atoms with E-state index in [0.29, 0.717) is 11.8 Å². The van der Waals surface area contributed by atoms with Gasteiger partial charge in [-0.25, -0.2) is 4.79 Å². The van der Waals surface area contributed by atoms with Gasteiger partial charge >= 0.3 is 18.3 Å². The zero-order chi connectivity index (χ0) is 21.3. The molecule has 0 saturated heterocycles. The molecular formula is C16H12BrF6N3O2. The van der Waals surface area contributed by atoms with Gasteiger partial charge in [-0.05, 0) is 37.3 Å². The van der Waals surface area contributed by atoms with Gasteiger partial charge < -0.3 is 10.6 Å². The van der Waals surface area contributed by atoms with Crippen LogP contribution in [-0.2, 0) is 15.8 Å². The summed E-state index contributed by atoms with van der Waals surface area (Å²) in [4.78, 5) is 19.4. The third-order valence-electron chi connectivity index (χ3n) is 3.36. The second kappa shape index (κ2) is 7.95. The van der Waals surface area contributed by atoms with E-state index in [1.807, 2.05) is 0 Å². The first-order valence-electron chi connectivity index (χ1n) is 7.48. The maximum absolute atomic E-state index is 13.4. The van der Waals surface area contributed by atoms with Crippen LogP contribution in [0.2, 0.25) is 0 Å². The van der Waals surface area contributed by atoms with Gasteiger partial charge in [0.25, 0.3) is 0 Å². The number of aromatic nitrogens is 1. The summed E-state index contributed by atoms with van der Waals surface area (Å²) < 4.78 is 78.2. The van der Waals surface area contributed by atoms with Crippen molar-refractivity contribution in [3.63, 3.8) is 0 Å². The predicted octanol–water partition coefficient (Wildman–Crippen LogP) is 5.04. The average molecular weight is 472 g/mol. The molecule has 28 heavy (non-hydrogen) atoms. The maximum atomic E-state index is 13.4. The van der Waals surface area contributed by atoms with Gasteiger partial charge in [-0.1, -0.05) is 15.9 Å². The van der Waals surface area contributed by atoms with Crippen molar-refractivity contribution in [3.8, 4) is 0 Å². The summed E-state index contributed by atoms with van der Waals surface area (Å²) in [5.74, 6) is -2.69. The first kappa shape index (κ1) is 22.0. The minimum Gasteiger partial charge on any atom is -0.327 e. The van der Waals surface area contributed by atoms with Crippen LogP contribution in [0.3, 0.4) is 0 Å². The smallest absolute Gasteiger partial charge is 0.327 e. The van der Waals surface area contributed by atoms with E-state index in [0.717, 1.165) is 24.4 Å². The van der Waals surface area contributed by atoms with Crippen molar-refractivity contribution in [1.29, 1.82) is 0 Å².